The minimum Gasteiger partial charge on any atom is -0.462 e. The number of nitrogens with one attached hydrogen (secondary N) is 1. The van der Waals surface area contributed by atoms with Crippen molar-refractivity contribution in [2.24, 2.45) is 0 Å². The molecule has 0 aliphatic carbocycles. The first-order chi connectivity index (χ1) is 11.9. The summed E-state index contributed by atoms with van der Waals surface area (Å²) >= 11 is 0. The molecule has 0 bridgehead atoms. The molecule has 0 saturated heterocycles. The summed E-state index contributed by atoms with van der Waals surface area (Å²) in [6.45, 7) is 3.75. The van der Waals surface area contributed by atoms with Gasteiger partial charge in [-0.05, 0) is 32.0 Å². The van der Waals surface area contributed by atoms with Gasteiger partial charge in [0.05, 0.1) is 29.3 Å². The number of non-ortho nitro benzene ring substituents is 1. The average Bonchev–Trinajstić information content (AvgIpc) is 2.59. The van der Waals surface area contributed by atoms with Crippen molar-refractivity contribution in [2.75, 3.05) is 6.61 Å². The number of aryl methyl sites for hydroxylation is 1. The summed E-state index contributed by atoms with van der Waals surface area (Å²) in [7, 11) is 0. The van der Waals surface area contributed by atoms with Gasteiger partial charge in [0.25, 0.3) is 11.6 Å². The lowest BCUT2D eigenvalue weighted by Gasteiger charge is -2.07. The molecule has 1 aromatic carbocycles. The highest BCUT2D eigenvalue weighted by Gasteiger charge is 2.18. The van der Waals surface area contributed by atoms with Crippen molar-refractivity contribution >= 4 is 17.6 Å². The zero-order chi connectivity index (χ0) is 18.4. The van der Waals surface area contributed by atoms with Gasteiger partial charge in [0.1, 0.15) is 0 Å². The average molecular weight is 343 g/mol. The molecule has 1 aromatic heterocycles. The molecule has 1 amide bonds. The Morgan fingerprint density at radius 2 is 1.96 bits per heavy atom. The number of aromatic nitrogens is 1. The molecule has 0 radical (unpaired) electrons. The van der Waals surface area contributed by atoms with E-state index in [2.05, 4.69) is 10.3 Å². The fourth-order valence-corrected chi connectivity index (χ4v) is 2.15. The van der Waals surface area contributed by atoms with Crippen LogP contribution in [0, 0.1) is 17.0 Å². The van der Waals surface area contributed by atoms with Crippen molar-refractivity contribution in [3.8, 4) is 0 Å². The number of benzene rings is 1. The Balaban J connectivity index is 2.22. The highest BCUT2D eigenvalue weighted by atomic mass is 16.6. The third kappa shape index (κ3) is 4.84. The van der Waals surface area contributed by atoms with Crippen molar-refractivity contribution in [1.29, 1.82) is 0 Å². The third-order valence-electron chi connectivity index (χ3n) is 3.28. The van der Waals surface area contributed by atoms with E-state index >= 15 is 0 Å². The van der Waals surface area contributed by atoms with E-state index in [-0.39, 0.29) is 30.0 Å². The van der Waals surface area contributed by atoms with Crippen molar-refractivity contribution in [1.82, 2.24) is 10.3 Å². The van der Waals surface area contributed by atoms with Crippen LogP contribution in [0.15, 0.2) is 36.4 Å². The molecule has 2 aromatic rings. The summed E-state index contributed by atoms with van der Waals surface area (Å²) in [6.07, 6.45) is 0. The predicted molar refractivity (Wildman–Crippen MR) is 89.2 cm³/mol. The van der Waals surface area contributed by atoms with E-state index in [0.717, 1.165) is 17.8 Å². The summed E-state index contributed by atoms with van der Waals surface area (Å²) in [5.41, 5.74) is 1.07. The quantitative estimate of drug-likeness (QED) is 0.490. The van der Waals surface area contributed by atoms with Crippen LogP contribution < -0.4 is 5.32 Å². The van der Waals surface area contributed by atoms with Crippen LogP contribution >= 0.6 is 0 Å². The van der Waals surface area contributed by atoms with Gasteiger partial charge in [-0.3, -0.25) is 19.9 Å². The van der Waals surface area contributed by atoms with Gasteiger partial charge in [-0.15, -0.1) is 0 Å². The second kappa shape index (κ2) is 8.00. The standard InChI is InChI=1S/C17H17N3O5/c1-3-25-17(22)13-7-12(8-15(9-13)20(23)24)16(21)18-10-14-6-4-5-11(2)19-14/h4-9H,3,10H2,1-2H3,(H,18,21). The molecular formula is C17H17N3O5. The Morgan fingerprint density at radius 3 is 2.60 bits per heavy atom. The number of carbonyl (C=O) groups excluding carboxylic acids is 2. The van der Waals surface area contributed by atoms with E-state index in [4.69, 9.17) is 4.74 Å². The molecule has 1 N–H and O–H groups in total. The smallest absolute Gasteiger partial charge is 0.338 e. The van der Waals surface area contributed by atoms with Gasteiger partial charge < -0.3 is 10.1 Å². The topological polar surface area (TPSA) is 111 Å². The van der Waals surface area contributed by atoms with Gasteiger partial charge in [0.15, 0.2) is 0 Å². The number of carbonyl (C=O) groups is 2. The number of nitro benzene ring substituents is 1. The van der Waals surface area contributed by atoms with Crippen LogP contribution in [0.4, 0.5) is 5.69 Å². The van der Waals surface area contributed by atoms with E-state index in [0.29, 0.717) is 5.69 Å². The number of rotatable bonds is 6. The summed E-state index contributed by atoms with van der Waals surface area (Å²) < 4.78 is 4.84. The van der Waals surface area contributed by atoms with Gasteiger partial charge in [0, 0.05) is 23.4 Å². The molecule has 0 fully saturated rings. The van der Waals surface area contributed by atoms with E-state index in [1.54, 1.807) is 13.0 Å². The summed E-state index contributed by atoms with van der Waals surface area (Å²) in [5, 5.41) is 13.7. The first kappa shape index (κ1) is 18.1. The SMILES string of the molecule is CCOC(=O)c1cc(C(=O)NCc2cccc(C)n2)cc([N+](=O)[O-])c1. The zero-order valence-corrected chi connectivity index (χ0v) is 13.8. The highest BCUT2D eigenvalue weighted by Crippen LogP contribution is 2.18. The molecule has 1 heterocycles. The molecule has 8 heteroatoms. The fourth-order valence-electron chi connectivity index (χ4n) is 2.15. The molecule has 0 saturated carbocycles. The maximum absolute atomic E-state index is 12.3. The summed E-state index contributed by atoms with van der Waals surface area (Å²) in [6, 6.07) is 8.86. The Morgan fingerprint density at radius 1 is 1.24 bits per heavy atom. The number of nitro groups is 1. The van der Waals surface area contributed by atoms with E-state index in [9.17, 15) is 19.7 Å². The number of amides is 1. The lowest BCUT2D eigenvalue weighted by atomic mass is 10.1. The van der Waals surface area contributed by atoms with Gasteiger partial charge >= 0.3 is 5.97 Å². The van der Waals surface area contributed by atoms with Crippen LogP contribution in [0.2, 0.25) is 0 Å². The largest absolute Gasteiger partial charge is 0.462 e. The Hall–Kier alpha value is -3.29. The predicted octanol–water partition coefficient (Wildman–Crippen LogP) is 2.40. The second-order valence-corrected chi connectivity index (χ2v) is 5.20. The number of ether oxygens (including phenoxy) is 1. The first-order valence-corrected chi connectivity index (χ1v) is 7.58. The Kier molecular flexibility index (Phi) is 5.78. The summed E-state index contributed by atoms with van der Waals surface area (Å²) in [5.74, 6) is -1.27. The molecule has 0 aliphatic rings. The van der Waals surface area contributed by atoms with Gasteiger partial charge in [0.2, 0.25) is 0 Å². The molecule has 8 nitrogen and oxygen atoms in total. The molecule has 25 heavy (non-hydrogen) atoms. The molecule has 2 rings (SSSR count). The molecule has 130 valence electrons. The van der Waals surface area contributed by atoms with Gasteiger partial charge in [-0.25, -0.2) is 4.79 Å². The minimum absolute atomic E-state index is 0.00454. The van der Waals surface area contributed by atoms with Crippen LogP contribution in [0.3, 0.4) is 0 Å². The van der Waals surface area contributed by atoms with Crippen LogP contribution in [-0.4, -0.2) is 28.4 Å². The normalized spacial score (nSPS) is 10.2. The van der Waals surface area contributed by atoms with Crippen molar-refractivity contribution in [3.63, 3.8) is 0 Å². The fraction of sp³-hybridized carbons (Fsp3) is 0.235. The number of nitrogens with zero attached hydrogens (tertiary/aromatic N) is 2. The highest BCUT2D eigenvalue weighted by molar-refractivity contribution is 5.98. The van der Waals surface area contributed by atoms with E-state index < -0.39 is 16.8 Å². The molecule has 0 unspecified atom stereocenters. The number of hydrogen-bond acceptors (Lipinski definition) is 6. The first-order valence-electron chi connectivity index (χ1n) is 7.58. The maximum Gasteiger partial charge on any atom is 0.338 e. The number of pyridine rings is 1. The maximum atomic E-state index is 12.3. The Labute approximate surface area is 144 Å². The van der Waals surface area contributed by atoms with Crippen LogP contribution in [0.25, 0.3) is 0 Å². The summed E-state index contributed by atoms with van der Waals surface area (Å²) in [4.78, 5) is 38.8. The van der Waals surface area contributed by atoms with Crippen LogP contribution in [-0.2, 0) is 11.3 Å². The molecular weight excluding hydrogens is 326 g/mol. The van der Waals surface area contributed by atoms with E-state index in [1.165, 1.54) is 6.07 Å². The minimum atomic E-state index is -0.722. The third-order valence-corrected chi connectivity index (χ3v) is 3.28. The van der Waals surface area contributed by atoms with E-state index in [1.807, 2.05) is 19.1 Å². The lowest BCUT2D eigenvalue weighted by molar-refractivity contribution is -0.384. The van der Waals surface area contributed by atoms with Gasteiger partial charge in [-0.1, -0.05) is 6.07 Å². The second-order valence-electron chi connectivity index (χ2n) is 5.20. The molecule has 0 aliphatic heterocycles. The van der Waals surface area contributed by atoms with Crippen molar-refractivity contribution in [3.05, 3.63) is 69.0 Å². The van der Waals surface area contributed by atoms with Gasteiger partial charge in [-0.2, -0.15) is 0 Å². The monoisotopic (exact) mass is 343 g/mol. The molecule has 0 spiro atoms. The van der Waals surface area contributed by atoms with Crippen molar-refractivity contribution < 1.29 is 19.2 Å². The zero-order valence-electron chi connectivity index (χ0n) is 13.8. The lowest BCUT2D eigenvalue weighted by Crippen LogP contribution is -2.24. The van der Waals surface area contributed by atoms with Crippen molar-refractivity contribution in [2.45, 2.75) is 20.4 Å². The molecule has 0 atom stereocenters. The number of esters is 1. The Bertz CT molecular complexity index is 820. The number of hydrogen-bond donors (Lipinski definition) is 1. The van der Waals surface area contributed by atoms with Crippen LogP contribution in [0.5, 0.6) is 0 Å². The van der Waals surface area contributed by atoms with Crippen LogP contribution in [0.1, 0.15) is 39.0 Å².